The summed E-state index contributed by atoms with van der Waals surface area (Å²) in [5.74, 6) is -1.33. The fraction of sp³-hybridized carbons (Fsp3) is 0.286. The molecule has 0 radical (unpaired) electrons. The van der Waals surface area contributed by atoms with Crippen molar-refractivity contribution in [1.82, 2.24) is 5.32 Å². The van der Waals surface area contributed by atoms with Crippen LogP contribution in [0, 0.1) is 6.92 Å². The van der Waals surface area contributed by atoms with Gasteiger partial charge in [-0.25, -0.2) is 4.79 Å². The molecule has 0 fully saturated rings. The van der Waals surface area contributed by atoms with Gasteiger partial charge in [0.25, 0.3) is 0 Å². The van der Waals surface area contributed by atoms with Crippen molar-refractivity contribution in [3.8, 4) is 5.75 Å². The Hall–Kier alpha value is -3.85. The summed E-state index contributed by atoms with van der Waals surface area (Å²) < 4.78 is 41.2. The molecule has 0 aliphatic rings. The average molecular weight is 526 g/mol. The molecule has 9 heteroatoms. The number of benzene rings is 3. The molecule has 196 valence electrons. The predicted molar refractivity (Wildman–Crippen MR) is 139 cm³/mol. The molecule has 0 bridgehead atoms. The molecule has 3 rings (SSSR count). The number of alkyl carbamates (subject to hydrolysis) is 1. The Morgan fingerprint density at radius 2 is 1.51 bits per heavy atom. The third-order valence-electron chi connectivity index (χ3n) is 5.16. The molecule has 8 nitrogen and oxygen atoms in total. The van der Waals surface area contributed by atoms with Crippen LogP contribution >= 0.6 is 0 Å². The summed E-state index contributed by atoms with van der Waals surface area (Å²) in [4.78, 5) is 25.2. The minimum absolute atomic E-state index is 0.0334. The Morgan fingerprint density at radius 1 is 0.892 bits per heavy atom. The van der Waals surface area contributed by atoms with Gasteiger partial charge in [-0.1, -0.05) is 60.2 Å². The Kier molecular flexibility index (Phi) is 8.94. The number of nitrogens with one attached hydrogen (secondary N) is 1. The summed E-state index contributed by atoms with van der Waals surface area (Å²) in [6, 6.07) is 21.5. The van der Waals surface area contributed by atoms with Gasteiger partial charge in [-0.05, 0) is 63.1 Å². The van der Waals surface area contributed by atoms with Gasteiger partial charge in [-0.3, -0.25) is 4.79 Å². The van der Waals surface area contributed by atoms with Crippen LogP contribution in [0.4, 0.5) is 4.79 Å². The van der Waals surface area contributed by atoms with Crippen LogP contribution in [0.5, 0.6) is 5.75 Å². The minimum atomic E-state index is -4.02. The van der Waals surface area contributed by atoms with Gasteiger partial charge in [0.05, 0.1) is 5.92 Å². The Balaban J connectivity index is 1.75. The summed E-state index contributed by atoms with van der Waals surface area (Å²) in [6.07, 6.45) is -0.669. The van der Waals surface area contributed by atoms with Crippen molar-refractivity contribution in [2.24, 2.45) is 0 Å². The SMILES string of the molecule is Cc1ccc(S(=O)(=O)Oc2ccc(C(CNC(=O)OC(C)(C)C)C(=O)OCc3ccccc3)cc2)cc1. The molecule has 0 heterocycles. The molecule has 1 amide bonds. The van der Waals surface area contributed by atoms with Crippen molar-refractivity contribution >= 4 is 22.2 Å². The van der Waals surface area contributed by atoms with E-state index in [2.05, 4.69) is 5.32 Å². The second-order valence-corrected chi connectivity index (χ2v) is 11.0. The van der Waals surface area contributed by atoms with Gasteiger partial charge >= 0.3 is 22.2 Å². The van der Waals surface area contributed by atoms with E-state index < -0.39 is 33.7 Å². The number of hydrogen-bond donors (Lipinski definition) is 1. The van der Waals surface area contributed by atoms with E-state index in [-0.39, 0.29) is 23.8 Å². The van der Waals surface area contributed by atoms with Crippen LogP contribution < -0.4 is 9.50 Å². The van der Waals surface area contributed by atoms with Crippen molar-refractivity contribution in [3.63, 3.8) is 0 Å². The van der Waals surface area contributed by atoms with E-state index in [1.54, 1.807) is 45.0 Å². The highest BCUT2D eigenvalue weighted by Crippen LogP contribution is 2.24. The molecule has 1 N–H and O–H groups in total. The summed E-state index contributed by atoms with van der Waals surface area (Å²) in [7, 11) is -4.02. The lowest BCUT2D eigenvalue weighted by Gasteiger charge is -2.22. The number of aryl methyl sites for hydroxylation is 1. The third-order valence-corrected chi connectivity index (χ3v) is 6.42. The maximum atomic E-state index is 13.0. The van der Waals surface area contributed by atoms with E-state index in [4.69, 9.17) is 13.7 Å². The van der Waals surface area contributed by atoms with Crippen LogP contribution in [0.25, 0.3) is 0 Å². The van der Waals surface area contributed by atoms with Crippen LogP contribution in [0.3, 0.4) is 0 Å². The van der Waals surface area contributed by atoms with Gasteiger partial charge < -0.3 is 19.0 Å². The van der Waals surface area contributed by atoms with Gasteiger partial charge in [0, 0.05) is 6.54 Å². The lowest BCUT2D eigenvalue weighted by molar-refractivity contribution is -0.146. The van der Waals surface area contributed by atoms with Gasteiger partial charge in [0.1, 0.15) is 22.9 Å². The summed E-state index contributed by atoms with van der Waals surface area (Å²) in [6.45, 7) is 7.06. The van der Waals surface area contributed by atoms with Crippen molar-refractivity contribution in [2.45, 2.75) is 50.7 Å². The van der Waals surface area contributed by atoms with Crippen molar-refractivity contribution in [3.05, 3.63) is 95.6 Å². The van der Waals surface area contributed by atoms with Gasteiger partial charge in [0.2, 0.25) is 0 Å². The van der Waals surface area contributed by atoms with Gasteiger partial charge in [0.15, 0.2) is 0 Å². The molecule has 1 atom stereocenters. The number of carbonyl (C=O) groups is 2. The van der Waals surface area contributed by atoms with Crippen molar-refractivity contribution in [2.75, 3.05) is 6.54 Å². The normalized spacial score (nSPS) is 12.3. The maximum Gasteiger partial charge on any atom is 0.407 e. The number of amides is 1. The minimum Gasteiger partial charge on any atom is -0.460 e. The smallest absolute Gasteiger partial charge is 0.407 e. The number of rotatable bonds is 9. The predicted octanol–water partition coefficient (Wildman–Crippen LogP) is 5.11. The van der Waals surface area contributed by atoms with E-state index in [0.29, 0.717) is 5.56 Å². The highest BCUT2D eigenvalue weighted by molar-refractivity contribution is 7.87. The molecule has 0 spiro atoms. The Labute approximate surface area is 217 Å². The molecule has 0 saturated carbocycles. The summed E-state index contributed by atoms with van der Waals surface area (Å²) >= 11 is 0. The molecular formula is C28H31NO7S. The van der Waals surface area contributed by atoms with E-state index in [9.17, 15) is 18.0 Å². The lowest BCUT2D eigenvalue weighted by atomic mass is 9.99. The van der Waals surface area contributed by atoms with Gasteiger partial charge in [-0.2, -0.15) is 8.42 Å². The lowest BCUT2D eigenvalue weighted by Crippen LogP contribution is -2.36. The maximum absolute atomic E-state index is 13.0. The zero-order valence-corrected chi connectivity index (χ0v) is 22.1. The topological polar surface area (TPSA) is 108 Å². The monoisotopic (exact) mass is 525 g/mol. The summed E-state index contributed by atoms with van der Waals surface area (Å²) in [5.41, 5.74) is 1.55. The highest BCUT2D eigenvalue weighted by atomic mass is 32.2. The van der Waals surface area contributed by atoms with Crippen LogP contribution in [-0.2, 0) is 31.0 Å². The number of carbonyl (C=O) groups excluding carboxylic acids is 2. The number of hydrogen-bond acceptors (Lipinski definition) is 7. The first-order valence-electron chi connectivity index (χ1n) is 11.7. The zero-order chi connectivity index (χ0) is 27.1. The number of ether oxygens (including phenoxy) is 2. The second kappa shape index (κ2) is 11.9. The zero-order valence-electron chi connectivity index (χ0n) is 21.3. The molecule has 3 aromatic rings. The van der Waals surface area contributed by atoms with Crippen molar-refractivity contribution in [1.29, 1.82) is 0 Å². The molecule has 3 aromatic carbocycles. The largest absolute Gasteiger partial charge is 0.460 e. The molecule has 1 unspecified atom stereocenters. The van der Waals surface area contributed by atoms with Crippen LogP contribution in [0.2, 0.25) is 0 Å². The van der Waals surface area contributed by atoms with Crippen LogP contribution in [0.15, 0.2) is 83.8 Å². The highest BCUT2D eigenvalue weighted by Gasteiger charge is 2.25. The van der Waals surface area contributed by atoms with E-state index in [1.165, 1.54) is 24.3 Å². The fourth-order valence-corrected chi connectivity index (χ4v) is 4.23. The van der Waals surface area contributed by atoms with Crippen LogP contribution in [-0.4, -0.2) is 32.6 Å². The van der Waals surface area contributed by atoms with E-state index in [1.807, 2.05) is 37.3 Å². The average Bonchev–Trinajstić information content (AvgIpc) is 2.83. The Bertz CT molecular complexity index is 1300. The molecule has 0 aliphatic heterocycles. The molecule has 37 heavy (non-hydrogen) atoms. The first-order valence-corrected chi connectivity index (χ1v) is 13.1. The number of esters is 1. The van der Waals surface area contributed by atoms with Gasteiger partial charge in [-0.15, -0.1) is 0 Å². The first kappa shape index (κ1) is 27.7. The quantitative estimate of drug-likeness (QED) is 0.305. The van der Waals surface area contributed by atoms with E-state index in [0.717, 1.165) is 11.1 Å². The van der Waals surface area contributed by atoms with Crippen LogP contribution in [0.1, 0.15) is 43.4 Å². The standard InChI is InChI=1S/C28H31NO7S/c1-20-10-16-24(17-11-20)37(32,33)36-23-14-12-22(13-15-23)25(18-29-27(31)35-28(2,3)4)26(30)34-19-21-8-6-5-7-9-21/h5-17,25H,18-19H2,1-4H3,(H,29,31). The molecule has 0 aromatic heterocycles. The Morgan fingerprint density at radius 3 is 2.11 bits per heavy atom. The molecule has 0 saturated heterocycles. The molecule has 0 aliphatic carbocycles. The van der Waals surface area contributed by atoms with E-state index >= 15 is 0 Å². The first-order chi connectivity index (χ1) is 17.4. The fourth-order valence-electron chi connectivity index (χ4n) is 3.30. The van der Waals surface area contributed by atoms with Crippen molar-refractivity contribution < 1.29 is 31.7 Å². The molecular weight excluding hydrogens is 494 g/mol. The summed E-state index contributed by atoms with van der Waals surface area (Å²) in [5, 5.41) is 2.61. The second-order valence-electron chi connectivity index (χ2n) is 9.45. The third kappa shape index (κ3) is 8.64.